The van der Waals surface area contributed by atoms with Gasteiger partial charge >= 0.3 is 0 Å². The zero-order valence-corrected chi connectivity index (χ0v) is 12.7. The van der Waals surface area contributed by atoms with Gasteiger partial charge in [0.2, 0.25) is 0 Å². The fraction of sp³-hybridized carbons (Fsp3) is 0.600. The minimum absolute atomic E-state index is 0.434. The van der Waals surface area contributed by atoms with E-state index >= 15 is 0 Å². The lowest BCUT2D eigenvalue weighted by Gasteiger charge is -2.20. The molecule has 0 aliphatic heterocycles. The van der Waals surface area contributed by atoms with Gasteiger partial charge in [0.15, 0.2) is 5.65 Å². The van der Waals surface area contributed by atoms with Gasteiger partial charge in [-0.05, 0) is 45.5 Å². The topological polar surface area (TPSA) is 45.5 Å². The molecule has 0 saturated heterocycles. The van der Waals surface area contributed by atoms with Crippen LogP contribution in [0.2, 0.25) is 0 Å². The summed E-state index contributed by atoms with van der Waals surface area (Å²) in [5, 5.41) is 7.61. The molecule has 110 valence electrons. The number of hydrogen-bond acceptors (Lipinski definition) is 4. The minimum Gasteiger partial charge on any atom is -0.368 e. The first-order chi connectivity index (χ1) is 9.72. The molecule has 2 rings (SSSR count). The first-order valence-corrected chi connectivity index (χ1v) is 7.52. The third kappa shape index (κ3) is 3.93. The molecule has 0 aromatic carbocycles. The lowest BCUT2D eigenvalue weighted by atomic mass is 10.1. The molecule has 1 unspecified atom stereocenters. The highest BCUT2D eigenvalue weighted by molar-refractivity contribution is 5.45. The van der Waals surface area contributed by atoms with Crippen LogP contribution in [0.3, 0.4) is 0 Å². The molecule has 1 atom stereocenters. The van der Waals surface area contributed by atoms with Crippen molar-refractivity contribution in [2.75, 3.05) is 25.0 Å². The van der Waals surface area contributed by atoms with Crippen molar-refractivity contribution >= 4 is 11.5 Å². The van der Waals surface area contributed by atoms with Gasteiger partial charge in [0.25, 0.3) is 0 Å². The summed E-state index contributed by atoms with van der Waals surface area (Å²) in [5.74, 6) is 0.924. The molecule has 2 aromatic heterocycles. The number of aromatic nitrogens is 3. The second kappa shape index (κ2) is 7.24. The summed E-state index contributed by atoms with van der Waals surface area (Å²) in [6.07, 6.45) is 6.07. The molecule has 0 saturated carbocycles. The third-order valence-corrected chi connectivity index (χ3v) is 3.66. The summed E-state index contributed by atoms with van der Waals surface area (Å²) >= 11 is 0. The van der Waals surface area contributed by atoms with E-state index in [1.54, 1.807) is 10.7 Å². The smallest absolute Gasteiger partial charge is 0.157 e. The summed E-state index contributed by atoms with van der Waals surface area (Å²) in [6, 6.07) is 4.32. The molecule has 5 heteroatoms. The molecule has 0 bridgehead atoms. The van der Waals surface area contributed by atoms with Gasteiger partial charge in [0.05, 0.1) is 6.20 Å². The molecule has 2 heterocycles. The van der Waals surface area contributed by atoms with Crippen LogP contribution >= 0.6 is 0 Å². The van der Waals surface area contributed by atoms with Crippen molar-refractivity contribution in [2.45, 2.75) is 39.7 Å². The third-order valence-electron chi connectivity index (χ3n) is 3.66. The van der Waals surface area contributed by atoms with E-state index in [1.807, 2.05) is 18.3 Å². The van der Waals surface area contributed by atoms with Crippen LogP contribution in [0.5, 0.6) is 0 Å². The fourth-order valence-corrected chi connectivity index (χ4v) is 2.38. The zero-order valence-electron chi connectivity index (χ0n) is 12.7. The van der Waals surface area contributed by atoms with Crippen LogP contribution in [0, 0.1) is 0 Å². The van der Waals surface area contributed by atoms with Gasteiger partial charge in [-0.2, -0.15) is 5.10 Å². The van der Waals surface area contributed by atoms with E-state index < -0.39 is 0 Å². The molecule has 0 spiro atoms. The van der Waals surface area contributed by atoms with E-state index in [1.165, 1.54) is 13.0 Å². The highest BCUT2D eigenvalue weighted by atomic mass is 15.2. The van der Waals surface area contributed by atoms with Crippen LogP contribution < -0.4 is 5.32 Å². The van der Waals surface area contributed by atoms with Crippen molar-refractivity contribution < 1.29 is 0 Å². The van der Waals surface area contributed by atoms with Crippen molar-refractivity contribution in [2.24, 2.45) is 0 Å². The van der Waals surface area contributed by atoms with Crippen molar-refractivity contribution in [3.63, 3.8) is 0 Å². The number of anilines is 1. The Balaban J connectivity index is 1.80. The average Bonchev–Trinajstić information content (AvgIpc) is 2.91. The SMILES string of the molecule is CCN(CC)CCCC(C)Nc1ccn2nccc2n1. The van der Waals surface area contributed by atoms with Crippen LogP contribution in [0.25, 0.3) is 5.65 Å². The molecule has 20 heavy (non-hydrogen) atoms. The van der Waals surface area contributed by atoms with Gasteiger partial charge in [0, 0.05) is 18.3 Å². The Morgan fingerprint density at radius 2 is 2.10 bits per heavy atom. The monoisotopic (exact) mass is 275 g/mol. The van der Waals surface area contributed by atoms with E-state index in [-0.39, 0.29) is 0 Å². The van der Waals surface area contributed by atoms with Crippen LogP contribution in [-0.2, 0) is 0 Å². The van der Waals surface area contributed by atoms with Gasteiger partial charge in [-0.3, -0.25) is 0 Å². The maximum Gasteiger partial charge on any atom is 0.157 e. The summed E-state index contributed by atoms with van der Waals surface area (Å²) in [6.45, 7) is 10.1. The molecule has 0 fully saturated rings. The Bertz CT molecular complexity index is 518. The van der Waals surface area contributed by atoms with Gasteiger partial charge < -0.3 is 10.2 Å². The van der Waals surface area contributed by atoms with Crippen LogP contribution in [0.15, 0.2) is 24.5 Å². The minimum atomic E-state index is 0.434. The van der Waals surface area contributed by atoms with Gasteiger partial charge in [0.1, 0.15) is 5.82 Å². The zero-order chi connectivity index (χ0) is 14.4. The number of rotatable bonds is 8. The summed E-state index contributed by atoms with van der Waals surface area (Å²) in [5.41, 5.74) is 0.880. The van der Waals surface area contributed by atoms with Crippen molar-refractivity contribution in [1.82, 2.24) is 19.5 Å². The Morgan fingerprint density at radius 3 is 2.85 bits per heavy atom. The molecular formula is C15H25N5. The van der Waals surface area contributed by atoms with E-state index in [0.717, 1.165) is 31.0 Å². The molecule has 5 nitrogen and oxygen atoms in total. The largest absolute Gasteiger partial charge is 0.368 e. The average molecular weight is 275 g/mol. The van der Waals surface area contributed by atoms with Crippen LogP contribution in [0.1, 0.15) is 33.6 Å². The van der Waals surface area contributed by atoms with Crippen molar-refractivity contribution in [3.05, 3.63) is 24.5 Å². The van der Waals surface area contributed by atoms with Crippen LogP contribution in [0.4, 0.5) is 5.82 Å². The summed E-state index contributed by atoms with van der Waals surface area (Å²) in [4.78, 5) is 6.99. The van der Waals surface area contributed by atoms with Crippen molar-refractivity contribution in [1.29, 1.82) is 0 Å². The number of nitrogens with one attached hydrogen (secondary N) is 1. The Hall–Kier alpha value is -1.62. The lowest BCUT2D eigenvalue weighted by molar-refractivity contribution is 0.295. The van der Waals surface area contributed by atoms with Gasteiger partial charge in [-0.25, -0.2) is 9.50 Å². The summed E-state index contributed by atoms with van der Waals surface area (Å²) in [7, 11) is 0. The highest BCUT2D eigenvalue weighted by Gasteiger charge is 2.05. The number of hydrogen-bond donors (Lipinski definition) is 1. The van der Waals surface area contributed by atoms with Crippen LogP contribution in [-0.4, -0.2) is 45.2 Å². The van der Waals surface area contributed by atoms with E-state index in [2.05, 4.69) is 41.1 Å². The second-order valence-corrected chi connectivity index (χ2v) is 5.16. The Morgan fingerprint density at radius 1 is 1.30 bits per heavy atom. The summed E-state index contributed by atoms with van der Waals surface area (Å²) < 4.78 is 1.77. The van der Waals surface area contributed by atoms with Gasteiger partial charge in [-0.1, -0.05) is 13.8 Å². The first kappa shape index (κ1) is 14.8. The molecule has 0 amide bonds. The van der Waals surface area contributed by atoms with E-state index in [4.69, 9.17) is 0 Å². The normalized spacial score (nSPS) is 13.0. The van der Waals surface area contributed by atoms with Gasteiger partial charge in [-0.15, -0.1) is 0 Å². The molecular weight excluding hydrogens is 250 g/mol. The van der Waals surface area contributed by atoms with Crippen molar-refractivity contribution in [3.8, 4) is 0 Å². The second-order valence-electron chi connectivity index (χ2n) is 5.16. The quantitative estimate of drug-likeness (QED) is 0.804. The molecule has 0 aliphatic carbocycles. The van der Waals surface area contributed by atoms with E-state index in [0.29, 0.717) is 6.04 Å². The first-order valence-electron chi connectivity index (χ1n) is 7.52. The van der Waals surface area contributed by atoms with E-state index in [9.17, 15) is 0 Å². The Kier molecular flexibility index (Phi) is 5.35. The highest BCUT2D eigenvalue weighted by Crippen LogP contribution is 2.10. The number of nitrogens with zero attached hydrogens (tertiary/aromatic N) is 4. The molecule has 2 aromatic rings. The molecule has 0 radical (unpaired) electrons. The molecule has 1 N–H and O–H groups in total. The molecule has 0 aliphatic rings. The predicted octanol–water partition coefficient (Wildman–Crippen LogP) is 2.65. The Labute approximate surface area is 121 Å². The standard InChI is InChI=1S/C15H25N5/c1-4-19(5-2)11-6-7-13(3)17-14-9-12-20-15(18-14)8-10-16-20/h8-10,12-13H,4-7,11H2,1-3H3,(H,17,18). The lowest BCUT2D eigenvalue weighted by Crippen LogP contribution is -2.25. The number of fused-ring (bicyclic) bond motifs is 1. The maximum absolute atomic E-state index is 4.53. The fourth-order valence-electron chi connectivity index (χ4n) is 2.38. The maximum atomic E-state index is 4.53. The predicted molar refractivity (Wildman–Crippen MR) is 83.1 cm³/mol.